The molecule has 0 aromatic carbocycles. The Morgan fingerprint density at radius 2 is 2.12 bits per heavy atom. The lowest BCUT2D eigenvalue weighted by atomic mass is 10.0. The topological polar surface area (TPSA) is 168 Å². The first-order valence-corrected chi connectivity index (χ1v) is 6.60. The highest BCUT2D eigenvalue weighted by atomic mass is 19.1. The summed E-state index contributed by atoms with van der Waals surface area (Å²) in [6, 6.07) is 0. The molecular weight excluding hydrogens is 333 g/mol. The summed E-state index contributed by atoms with van der Waals surface area (Å²) in [4.78, 5) is 25.3. The van der Waals surface area contributed by atoms with Crippen molar-refractivity contribution in [3.8, 4) is 0 Å². The molecule has 2 rings (SSSR count). The Morgan fingerprint density at radius 1 is 1.50 bits per heavy atom. The van der Waals surface area contributed by atoms with Crippen LogP contribution in [-0.4, -0.2) is 71.6 Å². The number of alkyl halides is 1. The maximum Gasteiger partial charge on any atom is 0.332 e. The molecule has 12 heteroatoms. The number of ether oxygens (including phenoxy) is 1. The fourth-order valence-electron chi connectivity index (χ4n) is 2.45. The molecule has 11 nitrogen and oxygen atoms in total. The first-order valence-electron chi connectivity index (χ1n) is 6.60. The third kappa shape index (κ3) is 2.32. The minimum absolute atomic E-state index is 0.225. The summed E-state index contributed by atoms with van der Waals surface area (Å²) in [5, 5.41) is 49.4. The Morgan fingerprint density at radius 3 is 2.62 bits per heavy atom. The molecule has 1 aromatic heterocycles. The Hall–Kier alpha value is -1.93. The highest BCUT2D eigenvalue weighted by Gasteiger charge is 2.70. The smallest absolute Gasteiger partial charge is 0.332 e. The molecule has 24 heavy (non-hydrogen) atoms. The second-order valence-electron chi connectivity index (χ2n) is 5.06. The molecule has 0 amide bonds. The van der Waals surface area contributed by atoms with Crippen molar-refractivity contribution in [2.75, 3.05) is 13.4 Å². The second kappa shape index (κ2) is 6.18. The van der Waals surface area contributed by atoms with Gasteiger partial charge in [-0.2, -0.15) is 0 Å². The highest BCUT2D eigenvalue weighted by Crippen LogP contribution is 2.42. The molecule has 1 aliphatic rings. The van der Waals surface area contributed by atoms with Crippen molar-refractivity contribution in [1.29, 1.82) is 0 Å². The fraction of sp³-hybridized carbons (Fsp3) is 0.500. The number of hydrogen-bond donors (Lipinski definition) is 6. The van der Waals surface area contributed by atoms with E-state index in [-0.39, 0.29) is 10.1 Å². The maximum atomic E-state index is 12.9. The first-order chi connectivity index (χ1) is 11.2. The van der Waals surface area contributed by atoms with Gasteiger partial charge in [0.1, 0.15) is 12.2 Å². The molecule has 6 N–H and O–H groups in total. The van der Waals surface area contributed by atoms with Gasteiger partial charge in [0.05, 0.1) is 12.2 Å². The number of halogens is 1. The number of aliphatic hydroxyl groups excluding tert-OH is 2. The molecule has 1 fully saturated rings. The van der Waals surface area contributed by atoms with E-state index in [0.29, 0.717) is 0 Å². The van der Waals surface area contributed by atoms with Crippen LogP contribution >= 0.6 is 0 Å². The first kappa shape index (κ1) is 18.4. The van der Waals surface area contributed by atoms with E-state index in [0.717, 1.165) is 12.3 Å². The van der Waals surface area contributed by atoms with Crippen molar-refractivity contribution in [1.82, 2.24) is 14.6 Å². The van der Waals surface area contributed by atoms with Crippen LogP contribution in [-0.2, 0) is 10.6 Å². The number of hydrogen-bond acceptors (Lipinski definition) is 9. The van der Waals surface area contributed by atoms with Gasteiger partial charge in [0.15, 0.2) is 6.80 Å². The molecule has 4 atom stereocenters. The Balaban J connectivity index is 2.76. The summed E-state index contributed by atoms with van der Waals surface area (Å²) in [7, 11) is 0. The molecule has 1 aromatic rings. The second-order valence-corrected chi connectivity index (χ2v) is 5.06. The van der Waals surface area contributed by atoms with Crippen molar-refractivity contribution in [3.05, 3.63) is 39.2 Å². The minimum Gasteiger partial charge on any atom is -0.394 e. The third-order valence-corrected chi connectivity index (χ3v) is 3.76. The number of hydroxylamine groups is 2. The lowest BCUT2D eigenvalue weighted by Crippen LogP contribution is -2.68. The van der Waals surface area contributed by atoms with Gasteiger partial charge >= 0.3 is 11.6 Å². The highest BCUT2D eigenvalue weighted by molar-refractivity contribution is 5.43. The molecule has 1 aliphatic heterocycles. The van der Waals surface area contributed by atoms with Crippen molar-refractivity contribution >= 4 is 6.08 Å². The number of aromatic nitrogens is 2. The van der Waals surface area contributed by atoms with Crippen LogP contribution in [0.4, 0.5) is 4.39 Å². The molecule has 0 saturated carbocycles. The van der Waals surface area contributed by atoms with Crippen LogP contribution in [0.25, 0.3) is 6.08 Å². The van der Waals surface area contributed by atoms with Crippen molar-refractivity contribution in [2.24, 2.45) is 0 Å². The van der Waals surface area contributed by atoms with Crippen LogP contribution in [0.2, 0.25) is 0 Å². The van der Waals surface area contributed by atoms with E-state index in [1.165, 1.54) is 0 Å². The van der Waals surface area contributed by atoms with Crippen molar-refractivity contribution in [2.45, 2.75) is 23.8 Å². The van der Waals surface area contributed by atoms with Gasteiger partial charge < -0.3 is 30.4 Å². The molecule has 0 unspecified atom stereocenters. The Kier molecular flexibility index (Phi) is 4.74. The van der Waals surface area contributed by atoms with E-state index in [1.54, 1.807) is 4.98 Å². The van der Waals surface area contributed by atoms with Gasteiger partial charge in [-0.25, -0.2) is 13.8 Å². The lowest BCUT2D eigenvalue weighted by Gasteiger charge is -2.40. The normalized spacial score (nSPS) is 33.1. The zero-order valence-electron chi connectivity index (χ0n) is 12.2. The number of rotatable bonds is 5. The summed E-state index contributed by atoms with van der Waals surface area (Å²) >= 11 is 0. The van der Waals surface area contributed by atoms with Gasteiger partial charge in [0.2, 0.25) is 5.72 Å². The molecule has 0 spiro atoms. The molecule has 134 valence electrons. The number of aliphatic hydroxyl groups is 4. The average molecular weight is 349 g/mol. The minimum atomic E-state index is -3.28. The standard InChI is InChI=1S/C12H16FN3O8/c1-2-6-3-15(10(20)14-9(6)19)12(22)11(21,16(23)5-13)8(18)7(4-17)24-12/h2-3,7-8,17-18,21-23H,1,4-5H2,(H,14,19,20)/t7-,8-,11-,12+/m1/s1. The van der Waals surface area contributed by atoms with Crippen LogP contribution in [0.3, 0.4) is 0 Å². The largest absolute Gasteiger partial charge is 0.394 e. The summed E-state index contributed by atoms with van der Waals surface area (Å²) in [6.45, 7) is 0.596. The van der Waals surface area contributed by atoms with Crippen LogP contribution in [0.15, 0.2) is 22.4 Å². The van der Waals surface area contributed by atoms with Gasteiger partial charge in [-0.05, 0) is 0 Å². The van der Waals surface area contributed by atoms with Crippen LogP contribution in [0.5, 0.6) is 0 Å². The lowest BCUT2D eigenvalue weighted by molar-refractivity contribution is -0.416. The van der Waals surface area contributed by atoms with E-state index in [9.17, 15) is 34.5 Å². The predicted octanol–water partition coefficient (Wildman–Crippen LogP) is -3.16. The third-order valence-electron chi connectivity index (χ3n) is 3.76. The van der Waals surface area contributed by atoms with Gasteiger partial charge in [0.25, 0.3) is 5.56 Å². The zero-order chi connectivity index (χ0) is 18.3. The van der Waals surface area contributed by atoms with E-state index >= 15 is 0 Å². The Labute approximate surface area is 133 Å². The van der Waals surface area contributed by atoms with Crippen LogP contribution in [0, 0.1) is 0 Å². The SMILES string of the molecule is C=Cc1cn([C@@]2(O)O[C@H](CO)[C@@H](O)[C@]2(O)N(O)CF)c(=O)[nH]c1=O. The van der Waals surface area contributed by atoms with Gasteiger partial charge in [-0.3, -0.25) is 9.78 Å². The molecule has 2 heterocycles. The van der Waals surface area contributed by atoms with Crippen molar-refractivity contribution < 1.29 is 34.8 Å². The molecule has 0 bridgehead atoms. The number of aromatic amines is 1. The summed E-state index contributed by atoms with van der Waals surface area (Å²) in [6.07, 6.45) is -2.18. The summed E-state index contributed by atoms with van der Waals surface area (Å²) < 4.78 is 18.0. The van der Waals surface area contributed by atoms with E-state index in [1.807, 2.05) is 0 Å². The van der Waals surface area contributed by atoms with Crippen LogP contribution in [0.1, 0.15) is 5.56 Å². The molecular formula is C12H16FN3O8. The predicted molar refractivity (Wildman–Crippen MR) is 74.1 cm³/mol. The van der Waals surface area contributed by atoms with E-state index in [4.69, 9.17) is 9.84 Å². The monoisotopic (exact) mass is 349 g/mol. The van der Waals surface area contributed by atoms with Gasteiger partial charge in [0, 0.05) is 6.20 Å². The zero-order valence-corrected chi connectivity index (χ0v) is 12.2. The van der Waals surface area contributed by atoms with Crippen LogP contribution < -0.4 is 11.2 Å². The quantitative estimate of drug-likeness (QED) is 0.182. The summed E-state index contributed by atoms with van der Waals surface area (Å²) in [5.41, 5.74) is -5.69. The maximum absolute atomic E-state index is 12.9. The van der Waals surface area contributed by atoms with E-state index in [2.05, 4.69) is 6.58 Å². The fourth-order valence-corrected chi connectivity index (χ4v) is 2.45. The van der Waals surface area contributed by atoms with Crippen molar-refractivity contribution in [3.63, 3.8) is 0 Å². The van der Waals surface area contributed by atoms with Gasteiger partial charge in [-0.1, -0.05) is 12.7 Å². The molecule has 0 radical (unpaired) electrons. The summed E-state index contributed by atoms with van der Waals surface area (Å²) in [5.74, 6) is -3.25. The number of nitrogens with zero attached hydrogens (tertiary/aromatic N) is 2. The Bertz CT molecular complexity index is 751. The van der Waals surface area contributed by atoms with Gasteiger partial charge in [-0.15, -0.1) is 5.06 Å². The number of nitrogens with one attached hydrogen (secondary N) is 1. The molecule has 1 saturated heterocycles. The molecule has 0 aliphatic carbocycles. The average Bonchev–Trinajstić information content (AvgIpc) is 2.76. The van der Waals surface area contributed by atoms with E-state index < -0.39 is 53.6 Å². The number of H-pyrrole nitrogens is 1.